The summed E-state index contributed by atoms with van der Waals surface area (Å²) in [4.78, 5) is 58.6. The average molecular weight is 821 g/mol. The fourth-order valence-corrected chi connectivity index (χ4v) is 12.9. The maximum Gasteiger partial charge on any atom is 0.412 e. The second-order valence-corrected chi connectivity index (χ2v) is 25.2. The number of ether oxygens (including phenoxy) is 2. The highest BCUT2D eigenvalue weighted by molar-refractivity contribution is 7.96. The van der Waals surface area contributed by atoms with Crippen molar-refractivity contribution in [3.63, 3.8) is 0 Å². The highest BCUT2D eigenvalue weighted by Crippen LogP contribution is 2.51. The fraction of sp³-hybridized carbons (Fsp3) is 0.340. The lowest BCUT2D eigenvalue weighted by molar-refractivity contribution is -0.156. The zero-order valence-corrected chi connectivity index (χ0v) is 37.0. The van der Waals surface area contributed by atoms with Gasteiger partial charge in [-0.25, -0.2) is 9.59 Å². The quantitative estimate of drug-likeness (QED) is 0.0339. The molecule has 9 nitrogen and oxygen atoms in total. The van der Waals surface area contributed by atoms with Crippen LogP contribution in [-0.2, 0) is 23.5 Å². The van der Waals surface area contributed by atoms with Gasteiger partial charge in [-0.1, -0.05) is 124 Å². The Labute approximate surface area is 344 Å². The van der Waals surface area contributed by atoms with Crippen molar-refractivity contribution in [3.8, 4) is 0 Å². The van der Waals surface area contributed by atoms with E-state index in [1.165, 1.54) is 6.08 Å². The first-order valence-corrected chi connectivity index (χ1v) is 24.4. The first-order valence-electron chi connectivity index (χ1n) is 19.7. The molecule has 0 aliphatic carbocycles. The Bertz CT molecular complexity index is 2060. The van der Waals surface area contributed by atoms with Gasteiger partial charge in [-0.05, 0) is 86.0 Å². The third kappa shape index (κ3) is 9.47. The molecule has 1 heterocycles. The highest BCUT2D eigenvalue weighted by Gasteiger charge is 2.57. The van der Waals surface area contributed by atoms with Crippen molar-refractivity contribution < 1.29 is 33.1 Å². The van der Waals surface area contributed by atoms with Gasteiger partial charge in [0.05, 0.1) is 18.1 Å². The smallest absolute Gasteiger partial charge is 0.412 e. The highest BCUT2D eigenvalue weighted by atomic mass is 31.2. The van der Waals surface area contributed by atoms with Crippen LogP contribution in [0, 0.1) is 5.92 Å². The van der Waals surface area contributed by atoms with E-state index in [0.29, 0.717) is 11.3 Å². The number of rotatable bonds is 14. The van der Waals surface area contributed by atoms with Crippen LogP contribution in [0.4, 0.5) is 10.5 Å². The molecule has 0 bridgehead atoms. The lowest BCUT2D eigenvalue weighted by Gasteiger charge is -2.53. The number of ketones is 1. The lowest BCUT2D eigenvalue weighted by Crippen LogP contribution is -2.69. The normalized spacial score (nSPS) is 16.4. The van der Waals surface area contributed by atoms with Gasteiger partial charge in [-0.3, -0.25) is 14.9 Å². The standard InChI is InChI=1S/C47H57N2O7PSi/c1-11-31-54-44(52)43(57(36-21-15-12-16-22-36,37-23-17-13-18-24-37)38-25-19-14-20-26-38)49-39(41(42(49)51)33(2)56-58(9,10)47(6,7)8)32-40(50)34-27-29-35(30-28-34)48-45(53)55-46(3,4)5/h11-30,33,39,41H,1,31-32H2,2-10H3,(H,48,53)/t33-,39-,41-/m1/s1. The van der Waals surface area contributed by atoms with Crippen LogP contribution in [0.3, 0.4) is 0 Å². The zero-order chi connectivity index (χ0) is 42.5. The van der Waals surface area contributed by atoms with Gasteiger partial charge in [0, 0.05) is 24.6 Å². The van der Waals surface area contributed by atoms with Crippen LogP contribution in [0.2, 0.25) is 18.1 Å². The van der Waals surface area contributed by atoms with E-state index in [1.54, 1.807) is 49.9 Å². The molecule has 3 atom stereocenters. The summed E-state index contributed by atoms with van der Waals surface area (Å²) >= 11 is 0. The number of hydrogen-bond donors (Lipinski definition) is 1. The Hall–Kier alpha value is -5.02. The number of carbonyl (C=O) groups excluding carboxylic acids is 4. The van der Waals surface area contributed by atoms with Crippen molar-refractivity contribution in [3.05, 3.63) is 133 Å². The van der Waals surface area contributed by atoms with Gasteiger partial charge in [0.25, 0.3) is 0 Å². The maximum atomic E-state index is 15.1. The molecule has 0 aromatic heterocycles. The second kappa shape index (κ2) is 17.9. The molecule has 0 spiro atoms. The molecular weight excluding hydrogens is 764 g/mol. The van der Waals surface area contributed by atoms with Crippen LogP contribution in [-0.4, -0.2) is 66.7 Å². The second-order valence-electron chi connectivity index (χ2n) is 17.1. The summed E-state index contributed by atoms with van der Waals surface area (Å²) in [7, 11) is -2.40. The van der Waals surface area contributed by atoms with E-state index in [4.69, 9.17) is 13.9 Å². The molecule has 11 heteroatoms. The van der Waals surface area contributed by atoms with Gasteiger partial charge < -0.3 is 18.8 Å². The Kier molecular flexibility index (Phi) is 13.6. The molecule has 0 unspecified atom stereocenters. The number of carbonyl (C=O) groups is 4. The topological polar surface area (TPSA) is 111 Å². The number of Topliss-reactive ketones (excluding diaryl/α,β-unsaturated/α-hetero) is 1. The summed E-state index contributed by atoms with van der Waals surface area (Å²) in [6.45, 7) is 18.4. The zero-order valence-electron chi connectivity index (χ0n) is 35.2. The summed E-state index contributed by atoms with van der Waals surface area (Å²) in [5.74, 6) is -1.95. The van der Waals surface area contributed by atoms with Gasteiger partial charge in [0.1, 0.15) is 17.6 Å². The molecule has 1 aliphatic heterocycles. The molecule has 58 heavy (non-hydrogen) atoms. The number of nitrogens with one attached hydrogen (secondary N) is 1. The van der Waals surface area contributed by atoms with Crippen LogP contribution in [0.15, 0.2) is 128 Å². The van der Waals surface area contributed by atoms with Gasteiger partial charge in [-0.2, -0.15) is 0 Å². The molecule has 306 valence electrons. The summed E-state index contributed by atoms with van der Waals surface area (Å²) in [5.41, 5.74) is 0.359. The molecule has 4 aromatic carbocycles. The molecular formula is C47H57N2O7PSi. The monoisotopic (exact) mass is 820 g/mol. The van der Waals surface area contributed by atoms with E-state index in [9.17, 15) is 14.4 Å². The summed E-state index contributed by atoms with van der Waals surface area (Å²) in [6.07, 6.45) is 0.228. The molecule has 1 N–H and O–H groups in total. The average Bonchev–Trinajstić information content (AvgIpc) is 3.16. The number of benzene rings is 4. The third-order valence-electron chi connectivity index (χ3n) is 10.8. The number of β-lactam (4-membered cyclic amide) rings is 1. The summed E-state index contributed by atoms with van der Waals surface area (Å²) in [6, 6.07) is 35.1. The minimum atomic E-state index is -3.21. The molecule has 0 radical (unpaired) electrons. The Morgan fingerprint density at radius 3 is 1.72 bits per heavy atom. The van der Waals surface area contributed by atoms with Crippen molar-refractivity contribution in [1.29, 1.82) is 0 Å². The fourth-order valence-electron chi connectivity index (χ4n) is 7.11. The summed E-state index contributed by atoms with van der Waals surface area (Å²) < 4.78 is 18.2. The van der Waals surface area contributed by atoms with Gasteiger partial charge in [-0.15, -0.1) is 0 Å². The minimum Gasteiger partial charge on any atom is -0.457 e. The van der Waals surface area contributed by atoms with E-state index in [0.717, 1.165) is 15.9 Å². The number of anilines is 1. The molecule has 4 aromatic rings. The van der Waals surface area contributed by atoms with E-state index >= 15 is 4.79 Å². The summed E-state index contributed by atoms with van der Waals surface area (Å²) in [5, 5.41) is 5.10. The lowest BCUT2D eigenvalue weighted by atomic mass is 9.79. The predicted molar refractivity (Wildman–Crippen MR) is 238 cm³/mol. The van der Waals surface area contributed by atoms with Crippen molar-refractivity contribution in [2.75, 3.05) is 11.9 Å². The van der Waals surface area contributed by atoms with Crippen LogP contribution in [0.5, 0.6) is 0 Å². The maximum absolute atomic E-state index is 15.1. The number of esters is 1. The minimum absolute atomic E-state index is 0.0790. The Morgan fingerprint density at radius 2 is 1.29 bits per heavy atom. The van der Waals surface area contributed by atoms with Gasteiger partial charge in [0.15, 0.2) is 14.1 Å². The molecule has 1 fully saturated rings. The van der Waals surface area contributed by atoms with Crippen molar-refractivity contribution in [1.82, 2.24) is 4.90 Å². The SMILES string of the molecule is C=CCOC(=O)C(N1C(=O)[C@H]([C@@H](C)O[Si](C)(C)C(C)(C)C)[C@H]1CC(=O)c1ccc(NC(=O)OC(C)(C)C)cc1)=P(c1ccccc1)(c1ccccc1)c1ccccc1. The molecule has 0 saturated carbocycles. The van der Waals surface area contributed by atoms with Crippen LogP contribution >= 0.6 is 6.89 Å². The van der Waals surface area contributed by atoms with E-state index in [-0.39, 0.29) is 35.2 Å². The van der Waals surface area contributed by atoms with Crippen molar-refractivity contribution >= 4 is 66.0 Å². The van der Waals surface area contributed by atoms with Crippen LogP contribution < -0.4 is 21.2 Å². The molecule has 1 saturated heterocycles. The van der Waals surface area contributed by atoms with Gasteiger partial charge >= 0.3 is 12.1 Å². The largest absolute Gasteiger partial charge is 0.457 e. The van der Waals surface area contributed by atoms with Crippen molar-refractivity contribution in [2.45, 2.75) is 90.8 Å². The number of nitrogens with zero attached hydrogens (tertiary/aromatic N) is 1. The number of likely N-dealkylation sites (tertiary alicyclic amines) is 1. The molecule has 1 aliphatic rings. The van der Waals surface area contributed by atoms with Gasteiger partial charge in [0.2, 0.25) is 5.91 Å². The predicted octanol–water partition coefficient (Wildman–Crippen LogP) is 8.70. The third-order valence-corrected chi connectivity index (χ3v) is 19.6. The first-order chi connectivity index (χ1) is 27.3. The first kappa shape index (κ1) is 44.1. The number of hydrogen-bond acceptors (Lipinski definition) is 7. The molecule has 2 amide bonds. The van der Waals surface area contributed by atoms with E-state index in [2.05, 4.69) is 45.8 Å². The Balaban J connectivity index is 1.73. The van der Waals surface area contributed by atoms with E-state index < -0.39 is 50.9 Å². The van der Waals surface area contributed by atoms with E-state index in [1.807, 2.05) is 97.9 Å². The number of amides is 2. The van der Waals surface area contributed by atoms with Crippen LogP contribution in [0.25, 0.3) is 0 Å². The van der Waals surface area contributed by atoms with Crippen LogP contribution in [0.1, 0.15) is 65.2 Å². The molecule has 5 rings (SSSR count). The van der Waals surface area contributed by atoms with Crippen molar-refractivity contribution in [2.24, 2.45) is 5.92 Å². The Morgan fingerprint density at radius 1 is 0.810 bits per heavy atom.